The van der Waals surface area contributed by atoms with Gasteiger partial charge in [0.15, 0.2) is 0 Å². The van der Waals surface area contributed by atoms with E-state index in [4.69, 9.17) is 27.9 Å². The second kappa shape index (κ2) is 14.4. The zero-order chi connectivity index (χ0) is 27.6. The van der Waals surface area contributed by atoms with Crippen molar-refractivity contribution in [3.63, 3.8) is 0 Å². The molecular formula is C26H35Cl2N3O5S. The van der Waals surface area contributed by atoms with E-state index in [1.54, 1.807) is 42.5 Å². The van der Waals surface area contributed by atoms with Gasteiger partial charge in [0.1, 0.15) is 11.8 Å². The Morgan fingerprint density at radius 2 is 1.68 bits per heavy atom. The van der Waals surface area contributed by atoms with Crippen molar-refractivity contribution in [2.75, 3.05) is 30.3 Å². The first-order valence-electron chi connectivity index (χ1n) is 12.2. The van der Waals surface area contributed by atoms with Gasteiger partial charge in [-0.2, -0.15) is 0 Å². The molecule has 0 saturated carbocycles. The molecule has 0 aliphatic heterocycles. The van der Waals surface area contributed by atoms with E-state index in [-0.39, 0.29) is 37.7 Å². The number of benzene rings is 2. The van der Waals surface area contributed by atoms with Gasteiger partial charge in [0, 0.05) is 41.7 Å². The Morgan fingerprint density at radius 1 is 1.03 bits per heavy atom. The molecule has 1 atom stereocenters. The smallest absolute Gasteiger partial charge is 0.242 e. The van der Waals surface area contributed by atoms with Crippen LogP contribution in [0.5, 0.6) is 5.75 Å². The number of rotatable bonds is 14. The topological polar surface area (TPSA) is 96.0 Å². The molecule has 0 spiro atoms. The Kier molecular flexibility index (Phi) is 12.0. The normalized spacial score (nSPS) is 12.1. The molecule has 0 unspecified atom stereocenters. The highest BCUT2D eigenvalue weighted by atomic mass is 35.5. The number of ether oxygens (including phenoxy) is 1. The molecule has 8 nitrogen and oxygen atoms in total. The summed E-state index contributed by atoms with van der Waals surface area (Å²) in [7, 11) is -3.65. The van der Waals surface area contributed by atoms with Crippen LogP contribution in [0.4, 0.5) is 5.69 Å². The molecule has 1 N–H and O–H groups in total. The number of sulfonamides is 1. The fourth-order valence-electron chi connectivity index (χ4n) is 3.99. The third-order valence-corrected chi connectivity index (χ3v) is 7.60. The molecule has 37 heavy (non-hydrogen) atoms. The number of anilines is 1. The number of hydrogen-bond donors (Lipinski definition) is 1. The maximum Gasteiger partial charge on any atom is 0.242 e. The molecule has 0 aliphatic rings. The molecule has 2 rings (SSSR count). The largest absolute Gasteiger partial charge is 0.492 e. The van der Waals surface area contributed by atoms with Crippen molar-refractivity contribution in [2.24, 2.45) is 0 Å². The Labute approximate surface area is 229 Å². The Morgan fingerprint density at radius 3 is 2.24 bits per heavy atom. The lowest BCUT2D eigenvalue weighted by Crippen LogP contribution is -2.49. The van der Waals surface area contributed by atoms with E-state index in [9.17, 15) is 18.0 Å². The number of para-hydroxylation sites is 2. The molecule has 0 aromatic heterocycles. The summed E-state index contributed by atoms with van der Waals surface area (Å²) in [5, 5.41) is 3.57. The Bertz CT molecular complexity index is 1160. The predicted octanol–water partition coefficient (Wildman–Crippen LogP) is 4.88. The van der Waals surface area contributed by atoms with Crippen molar-refractivity contribution >= 4 is 50.7 Å². The van der Waals surface area contributed by atoms with Crippen molar-refractivity contribution in [1.29, 1.82) is 0 Å². The van der Waals surface area contributed by atoms with Gasteiger partial charge in [0.25, 0.3) is 0 Å². The standard InChI is InChI=1S/C26H35Cl2N3O5S/c1-5-22(26(33)29-6-2)30(18-19-20(27)12-10-13-21(19)28)25(32)16-11-17-31(37(4,34)35)23-14-8-9-15-24(23)36-7-3/h8-10,12-15,22H,5-7,11,16-18H2,1-4H3,(H,29,33)/t22-/m0/s1. The molecule has 11 heteroatoms. The first-order valence-corrected chi connectivity index (χ1v) is 14.8. The summed E-state index contributed by atoms with van der Waals surface area (Å²) in [4.78, 5) is 27.8. The van der Waals surface area contributed by atoms with Gasteiger partial charge in [-0.05, 0) is 51.0 Å². The fraction of sp³-hybridized carbons (Fsp3) is 0.462. The summed E-state index contributed by atoms with van der Waals surface area (Å²) < 4.78 is 32.1. The van der Waals surface area contributed by atoms with E-state index in [1.807, 2.05) is 20.8 Å². The van der Waals surface area contributed by atoms with Crippen LogP contribution in [-0.4, -0.2) is 57.1 Å². The highest BCUT2D eigenvalue weighted by Gasteiger charge is 2.30. The van der Waals surface area contributed by atoms with E-state index in [0.29, 0.717) is 46.6 Å². The van der Waals surface area contributed by atoms with E-state index in [1.165, 1.54) is 9.21 Å². The summed E-state index contributed by atoms with van der Waals surface area (Å²) in [5.41, 5.74) is 0.957. The van der Waals surface area contributed by atoms with Crippen molar-refractivity contribution in [3.05, 3.63) is 58.1 Å². The van der Waals surface area contributed by atoms with E-state index in [2.05, 4.69) is 5.32 Å². The van der Waals surface area contributed by atoms with E-state index >= 15 is 0 Å². The van der Waals surface area contributed by atoms with Gasteiger partial charge in [-0.1, -0.05) is 48.3 Å². The van der Waals surface area contributed by atoms with Crippen LogP contribution < -0.4 is 14.4 Å². The number of amides is 2. The summed E-state index contributed by atoms with van der Waals surface area (Å²) in [6.07, 6.45) is 1.74. The quantitative estimate of drug-likeness (QED) is 0.348. The lowest BCUT2D eigenvalue weighted by atomic mass is 10.1. The molecule has 0 bridgehead atoms. The summed E-state index contributed by atoms with van der Waals surface area (Å²) in [6, 6.07) is 11.2. The summed E-state index contributed by atoms with van der Waals surface area (Å²) in [5.74, 6) is -0.135. The minimum absolute atomic E-state index is 0.0147. The number of carbonyl (C=O) groups is 2. The number of carbonyl (C=O) groups excluding carboxylic acids is 2. The van der Waals surface area contributed by atoms with Crippen LogP contribution >= 0.6 is 23.2 Å². The fourth-order valence-corrected chi connectivity index (χ4v) is 5.47. The zero-order valence-electron chi connectivity index (χ0n) is 21.7. The van der Waals surface area contributed by atoms with Gasteiger partial charge < -0.3 is 15.0 Å². The monoisotopic (exact) mass is 571 g/mol. The van der Waals surface area contributed by atoms with Crippen LogP contribution in [0.2, 0.25) is 10.0 Å². The average Bonchev–Trinajstić information content (AvgIpc) is 2.83. The number of halogens is 2. The number of nitrogens with one attached hydrogen (secondary N) is 1. The summed E-state index contributed by atoms with van der Waals surface area (Å²) >= 11 is 12.7. The molecule has 0 radical (unpaired) electrons. The van der Waals surface area contributed by atoms with Gasteiger partial charge in [0.05, 0.1) is 18.6 Å². The number of likely N-dealkylation sites (N-methyl/N-ethyl adjacent to an activating group) is 1. The van der Waals surface area contributed by atoms with Gasteiger partial charge >= 0.3 is 0 Å². The number of hydrogen-bond acceptors (Lipinski definition) is 5. The van der Waals surface area contributed by atoms with Crippen LogP contribution in [0.3, 0.4) is 0 Å². The van der Waals surface area contributed by atoms with Gasteiger partial charge in [-0.25, -0.2) is 8.42 Å². The van der Waals surface area contributed by atoms with Crippen LogP contribution in [-0.2, 0) is 26.2 Å². The van der Waals surface area contributed by atoms with Crippen LogP contribution in [0, 0.1) is 0 Å². The first-order chi connectivity index (χ1) is 17.5. The van der Waals surface area contributed by atoms with Crippen molar-refractivity contribution < 1.29 is 22.7 Å². The minimum Gasteiger partial charge on any atom is -0.492 e. The molecule has 0 fully saturated rings. The molecule has 2 aromatic carbocycles. The zero-order valence-corrected chi connectivity index (χ0v) is 24.0. The van der Waals surface area contributed by atoms with Crippen molar-refractivity contribution in [2.45, 2.75) is 52.6 Å². The van der Waals surface area contributed by atoms with Crippen LogP contribution in [0.1, 0.15) is 45.6 Å². The predicted molar refractivity (Wildman–Crippen MR) is 149 cm³/mol. The summed E-state index contributed by atoms with van der Waals surface area (Å²) in [6.45, 7) is 6.37. The molecule has 0 saturated heterocycles. The van der Waals surface area contributed by atoms with Gasteiger partial charge in [-0.15, -0.1) is 0 Å². The first kappa shape index (κ1) is 30.7. The van der Waals surface area contributed by atoms with E-state index in [0.717, 1.165) is 6.26 Å². The van der Waals surface area contributed by atoms with Gasteiger partial charge in [-0.3, -0.25) is 13.9 Å². The molecule has 0 heterocycles. The third-order valence-electron chi connectivity index (χ3n) is 5.71. The molecule has 2 amide bonds. The van der Waals surface area contributed by atoms with Crippen LogP contribution in [0.15, 0.2) is 42.5 Å². The maximum absolute atomic E-state index is 13.5. The second-order valence-corrected chi connectivity index (χ2v) is 11.1. The third kappa shape index (κ3) is 8.51. The SMILES string of the molecule is CCNC(=O)[C@H](CC)N(Cc1c(Cl)cccc1Cl)C(=O)CCCN(c1ccccc1OCC)S(C)(=O)=O. The van der Waals surface area contributed by atoms with Crippen LogP contribution in [0.25, 0.3) is 0 Å². The molecule has 2 aromatic rings. The minimum atomic E-state index is -3.65. The number of nitrogens with zero attached hydrogens (tertiary/aromatic N) is 2. The van der Waals surface area contributed by atoms with Crippen molar-refractivity contribution in [3.8, 4) is 5.75 Å². The lowest BCUT2D eigenvalue weighted by molar-refractivity contribution is -0.141. The Balaban J connectivity index is 2.29. The lowest BCUT2D eigenvalue weighted by Gasteiger charge is -2.31. The van der Waals surface area contributed by atoms with Crippen molar-refractivity contribution in [1.82, 2.24) is 10.2 Å². The highest BCUT2D eigenvalue weighted by molar-refractivity contribution is 7.92. The molecule has 204 valence electrons. The second-order valence-electron chi connectivity index (χ2n) is 8.38. The highest BCUT2D eigenvalue weighted by Crippen LogP contribution is 2.31. The van der Waals surface area contributed by atoms with E-state index < -0.39 is 16.1 Å². The average molecular weight is 573 g/mol. The molecule has 0 aliphatic carbocycles. The Hall–Kier alpha value is -2.49. The molecular weight excluding hydrogens is 537 g/mol. The van der Waals surface area contributed by atoms with Gasteiger partial charge in [0.2, 0.25) is 21.8 Å². The maximum atomic E-state index is 13.5.